The Morgan fingerprint density at radius 2 is 1.75 bits per heavy atom. The number of hydrogen-bond donors (Lipinski definition) is 2. The normalized spacial score (nSPS) is 11.9. The summed E-state index contributed by atoms with van der Waals surface area (Å²) in [5.74, 6) is 1.36. The minimum absolute atomic E-state index is 0.0760. The van der Waals surface area contributed by atoms with Gasteiger partial charge in [-0.15, -0.1) is 0 Å². The Morgan fingerprint density at radius 3 is 2.36 bits per heavy atom. The topological polar surface area (TPSA) is 67.4 Å². The maximum absolute atomic E-state index is 12.1. The van der Waals surface area contributed by atoms with Crippen LogP contribution in [0.4, 0.5) is 0 Å². The molecule has 2 amide bonds. The molecule has 0 heterocycles. The molecule has 0 radical (unpaired) electrons. The van der Waals surface area contributed by atoms with Gasteiger partial charge in [0.05, 0.1) is 6.61 Å². The summed E-state index contributed by atoms with van der Waals surface area (Å²) in [7, 11) is 1.59. The SMILES string of the molecule is CCCCC(=O)N[C@@H](Cc1ccc(OCCCCCC(C)C)cc1)C(=O)NC. The van der Waals surface area contributed by atoms with Crippen molar-refractivity contribution in [1.82, 2.24) is 10.6 Å². The number of carbonyl (C=O) groups excluding carboxylic acids is 2. The van der Waals surface area contributed by atoms with Crippen LogP contribution in [0.5, 0.6) is 5.75 Å². The Kier molecular flexibility index (Phi) is 12.0. The number of hydrogen-bond acceptors (Lipinski definition) is 3. The third-order valence-electron chi connectivity index (χ3n) is 4.71. The first-order chi connectivity index (χ1) is 13.5. The molecule has 0 aromatic heterocycles. The Morgan fingerprint density at radius 1 is 1.04 bits per heavy atom. The quantitative estimate of drug-likeness (QED) is 0.467. The fraction of sp³-hybridized carbons (Fsp3) is 0.652. The molecule has 2 N–H and O–H groups in total. The summed E-state index contributed by atoms with van der Waals surface area (Å²) in [5.41, 5.74) is 0.994. The van der Waals surface area contributed by atoms with Gasteiger partial charge in [-0.2, -0.15) is 0 Å². The van der Waals surface area contributed by atoms with Gasteiger partial charge in [0.25, 0.3) is 0 Å². The molecule has 0 fully saturated rings. The van der Waals surface area contributed by atoms with Crippen molar-refractivity contribution in [2.24, 2.45) is 5.92 Å². The molecule has 0 saturated heterocycles. The highest BCUT2D eigenvalue weighted by atomic mass is 16.5. The van der Waals surface area contributed by atoms with Crippen LogP contribution < -0.4 is 15.4 Å². The van der Waals surface area contributed by atoms with Gasteiger partial charge in [-0.25, -0.2) is 0 Å². The summed E-state index contributed by atoms with van der Waals surface area (Å²) in [6.07, 6.45) is 7.49. The second-order valence-electron chi connectivity index (χ2n) is 7.78. The van der Waals surface area contributed by atoms with Crippen molar-refractivity contribution < 1.29 is 14.3 Å². The van der Waals surface area contributed by atoms with Crippen LogP contribution in [-0.4, -0.2) is 31.5 Å². The largest absolute Gasteiger partial charge is 0.494 e. The van der Waals surface area contributed by atoms with Crippen molar-refractivity contribution in [3.8, 4) is 5.75 Å². The van der Waals surface area contributed by atoms with E-state index in [1.165, 1.54) is 19.3 Å². The standard InChI is InChI=1S/C23H38N2O3/c1-5-6-11-22(26)25-21(23(27)24-4)17-19-12-14-20(15-13-19)28-16-9-7-8-10-18(2)3/h12-15,18,21H,5-11,16-17H2,1-4H3,(H,24,27)(H,25,26)/t21-/m0/s1. The van der Waals surface area contributed by atoms with Crippen molar-refractivity contribution in [3.05, 3.63) is 29.8 Å². The molecule has 0 aliphatic rings. The Bertz CT molecular complexity index is 570. The predicted molar refractivity (Wildman–Crippen MR) is 114 cm³/mol. The molecule has 0 unspecified atom stereocenters. The molecule has 0 aliphatic carbocycles. The van der Waals surface area contributed by atoms with E-state index in [2.05, 4.69) is 24.5 Å². The van der Waals surface area contributed by atoms with Crippen molar-refractivity contribution in [1.29, 1.82) is 0 Å². The van der Waals surface area contributed by atoms with Gasteiger partial charge in [0.1, 0.15) is 11.8 Å². The molecule has 1 rings (SSSR count). The summed E-state index contributed by atoms with van der Waals surface area (Å²) in [6.45, 7) is 7.28. The van der Waals surface area contributed by atoms with E-state index in [0.717, 1.165) is 43.1 Å². The smallest absolute Gasteiger partial charge is 0.242 e. The first-order valence-corrected chi connectivity index (χ1v) is 10.7. The van der Waals surface area contributed by atoms with Gasteiger partial charge >= 0.3 is 0 Å². The fourth-order valence-electron chi connectivity index (χ4n) is 2.97. The molecule has 1 atom stereocenters. The number of carbonyl (C=O) groups is 2. The minimum atomic E-state index is -0.554. The van der Waals surface area contributed by atoms with E-state index in [1.807, 2.05) is 31.2 Å². The number of benzene rings is 1. The van der Waals surface area contributed by atoms with Crippen LogP contribution in [0, 0.1) is 5.92 Å². The molecule has 0 aliphatic heterocycles. The molecular formula is C23H38N2O3. The van der Waals surface area contributed by atoms with E-state index >= 15 is 0 Å². The van der Waals surface area contributed by atoms with Gasteiger partial charge in [-0.05, 0) is 36.5 Å². The highest BCUT2D eigenvalue weighted by Crippen LogP contribution is 2.15. The van der Waals surface area contributed by atoms with E-state index in [0.29, 0.717) is 12.8 Å². The Labute approximate surface area is 170 Å². The van der Waals surface area contributed by atoms with Crippen LogP contribution in [0.15, 0.2) is 24.3 Å². The van der Waals surface area contributed by atoms with Crippen molar-refractivity contribution >= 4 is 11.8 Å². The van der Waals surface area contributed by atoms with Gasteiger partial charge < -0.3 is 15.4 Å². The molecule has 158 valence electrons. The van der Waals surface area contributed by atoms with Crippen LogP contribution in [-0.2, 0) is 16.0 Å². The maximum Gasteiger partial charge on any atom is 0.242 e. The monoisotopic (exact) mass is 390 g/mol. The van der Waals surface area contributed by atoms with Crippen LogP contribution >= 0.6 is 0 Å². The third-order valence-corrected chi connectivity index (χ3v) is 4.71. The second-order valence-corrected chi connectivity index (χ2v) is 7.78. The number of nitrogens with one attached hydrogen (secondary N) is 2. The lowest BCUT2D eigenvalue weighted by Gasteiger charge is -2.17. The molecule has 1 aromatic rings. The van der Waals surface area contributed by atoms with Crippen LogP contribution in [0.1, 0.15) is 71.3 Å². The number of likely N-dealkylation sites (N-methyl/N-ethyl adjacent to an activating group) is 1. The number of amides is 2. The summed E-state index contributed by atoms with van der Waals surface area (Å²) in [6, 6.07) is 7.24. The van der Waals surface area contributed by atoms with Crippen LogP contribution in [0.2, 0.25) is 0 Å². The second kappa shape index (κ2) is 14.0. The van der Waals surface area contributed by atoms with E-state index in [-0.39, 0.29) is 11.8 Å². The van der Waals surface area contributed by atoms with Gasteiger partial charge in [-0.1, -0.05) is 58.6 Å². The van der Waals surface area contributed by atoms with Gasteiger partial charge in [0.15, 0.2) is 0 Å². The summed E-state index contributed by atoms with van der Waals surface area (Å²) < 4.78 is 5.80. The molecule has 0 spiro atoms. The van der Waals surface area contributed by atoms with Gasteiger partial charge in [0, 0.05) is 19.9 Å². The molecule has 5 nitrogen and oxygen atoms in total. The van der Waals surface area contributed by atoms with Crippen LogP contribution in [0.3, 0.4) is 0 Å². The predicted octanol–water partition coefficient (Wildman–Crippen LogP) is 4.25. The Hall–Kier alpha value is -2.04. The molecule has 5 heteroatoms. The lowest BCUT2D eigenvalue weighted by molar-refractivity contribution is -0.128. The third kappa shape index (κ3) is 10.3. The average Bonchev–Trinajstić information content (AvgIpc) is 2.68. The summed E-state index contributed by atoms with van der Waals surface area (Å²) in [5, 5.41) is 5.48. The first kappa shape index (κ1) is 24.0. The highest BCUT2D eigenvalue weighted by Gasteiger charge is 2.19. The molecule has 28 heavy (non-hydrogen) atoms. The minimum Gasteiger partial charge on any atom is -0.494 e. The van der Waals surface area contributed by atoms with E-state index < -0.39 is 6.04 Å². The highest BCUT2D eigenvalue weighted by molar-refractivity contribution is 5.87. The van der Waals surface area contributed by atoms with Crippen molar-refractivity contribution in [2.75, 3.05) is 13.7 Å². The number of rotatable bonds is 14. The fourth-order valence-corrected chi connectivity index (χ4v) is 2.97. The van der Waals surface area contributed by atoms with Gasteiger partial charge in [0.2, 0.25) is 11.8 Å². The lowest BCUT2D eigenvalue weighted by atomic mass is 10.0. The molecule has 1 aromatic carbocycles. The average molecular weight is 391 g/mol. The van der Waals surface area contributed by atoms with E-state index in [9.17, 15) is 9.59 Å². The van der Waals surface area contributed by atoms with Crippen molar-refractivity contribution in [2.45, 2.75) is 78.2 Å². The van der Waals surface area contributed by atoms with Crippen LogP contribution in [0.25, 0.3) is 0 Å². The zero-order valence-electron chi connectivity index (χ0n) is 18.1. The number of unbranched alkanes of at least 4 members (excludes halogenated alkanes) is 3. The first-order valence-electron chi connectivity index (χ1n) is 10.7. The lowest BCUT2D eigenvalue weighted by Crippen LogP contribution is -2.47. The number of ether oxygens (including phenoxy) is 1. The van der Waals surface area contributed by atoms with E-state index in [1.54, 1.807) is 7.05 Å². The molecule has 0 bridgehead atoms. The summed E-state index contributed by atoms with van der Waals surface area (Å²) in [4.78, 5) is 24.1. The van der Waals surface area contributed by atoms with E-state index in [4.69, 9.17) is 4.74 Å². The zero-order valence-corrected chi connectivity index (χ0v) is 18.1. The maximum atomic E-state index is 12.1. The zero-order chi connectivity index (χ0) is 20.8. The Balaban J connectivity index is 2.46. The van der Waals surface area contributed by atoms with Crippen molar-refractivity contribution in [3.63, 3.8) is 0 Å². The molecular weight excluding hydrogens is 352 g/mol. The molecule has 0 saturated carbocycles. The summed E-state index contributed by atoms with van der Waals surface area (Å²) >= 11 is 0. The van der Waals surface area contributed by atoms with Gasteiger partial charge in [-0.3, -0.25) is 9.59 Å².